The summed E-state index contributed by atoms with van der Waals surface area (Å²) in [7, 11) is 0. The molecule has 2 rings (SSSR count). The van der Waals surface area contributed by atoms with Crippen LogP contribution in [0.4, 0.5) is 0 Å². The number of rotatable bonds is 3. The van der Waals surface area contributed by atoms with Gasteiger partial charge in [-0.05, 0) is 36.6 Å². The largest absolute Gasteiger partial charge is 0.507 e. The highest BCUT2D eigenvalue weighted by atomic mass is 16.3. The molecule has 0 fully saturated rings. The average Bonchev–Trinajstić information content (AvgIpc) is 2.63. The maximum absolute atomic E-state index is 9.72. The molecular weight excluding hydrogens is 174 g/mol. The number of nitrogens with one attached hydrogen (secondary N) is 1. The van der Waals surface area contributed by atoms with Gasteiger partial charge in [0.1, 0.15) is 5.75 Å². The number of unbranched alkanes of at least 4 members (excludes halogenated alkanes) is 1. The predicted molar refractivity (Wildman–Crippen MR) is 58.6 cm³/mol. The molecule has 0 radical (unpaired) electrons. The van der Waals surface area contributed by atoms with E-state index in [1.165, 1.54) is 18.4 Å². The van der Waals surface area contributed by atoms with Crippen LogP contribution in [0.15, 0.2) is 24.4 Å². The average molecular weight is 189 g/mol. The summed E-state index contributed by atoms with van der Waals surface area (Å²) in [5.41, 5.74) is 2.23. The second-order valence-electron chi connectivity index (χ2n) is 3.66. The highest BCUT2D eigenvalue weighted by Gasteiger charge is 2.03. The number of hydrogen-bond acceptors (Lipinski definition) is 1. The van der Waals surface area contributed by atoms with Crippen LogP contribution in [0.2, 0.25) is 0 Å². The lowest BCUT2D eigenvalue weighted by atomic mass is 10.1. The molecule has 2 heteroatoms. The lowest BCUT2D eigenvalue weighted by Gasteiger charge is -2.02. The van der Waals surface area contributed by atoms with Gasteiger partial charge in [0.25, 0.3) is 0 Å². The Kier molecular flexibility index (Phi) is 2.44. The zero-order valence-electron chi connectivity index (χ0n) is 8.38. The van der Waals surface area contributed by atoms with Crippen molar-refractivity contribution in [1.82, 2.24) is 4.98 Å². The van der Waals surface area contributed by atoms with Gasteiger partial charge in [-0.2, -0.15) is 0 Å². The lowest BCUT2D eigenvalue weighted by molar-refractivity contribution is 0.481. The molecule has 0 aliphatic rings. The van der Waals surface area contributed by atoms with Crippen molar-refractivity contribution in [3.05, 3.63) is 30.0 Å². The summed E-state index contributed by atoms with van der Waals surface area (Å²) >= 11 is 0. The van der Waals surface area contributed by atoms with Crippen molar-refractivity contribution < 1.29 is 5.11 Å². The van der Waals surface area contributed by atoms with Gasteiger partial charge in [-0.25, -0.2) is 0 Å². The minimum Gasteiger partial charge on any atom is -0.507 e. The van der Waals surface area contributed by atoms with Gasteiger partial charge in [-0.15, -0.1) is 0 Å². The molecule has 0 bridgehead atoms. The number of phenolic OH excluding ortho intramolecular Hbond substituents is 1. The number of aromatic nitrogens is 1. The molecule has 1 aromatic heterocycles. The van der Waals surface area contributed by atoms with Crippen LogP contribution in [-0.2, 0) is 6.42 Å². The van der Waals surface area contributed by atoms with Gasteiger partial charge < -0.3 is 10.1 Å². The first-order chi connectivity index (χ1) is 6.81. The Labute approximate surface area is 83.6 Å². The molecule has 0 saturated heterocycles. The molecular formula is C12H15NO. The summed E-state index contributed by atoms with van der Waals surface area (Å²) in [5.74, 6) is 0.384. The molecule has 2 nitrogen and oxygen atoms in total. The van der Waals surface area contributed by atoms with E-state index in [-0.39, 0.29) is 0 Å². The molecule has 0 saturated carbocycles. The summed E-state index contributed by atoms with van der Waals surface area (Å²) in [6.45, 7) is 2.17. The van der Waals surface area contributed by atoms with Crippen molar-refractivity contribution in [3.63, 3.8) is 0 Å². The Bertz CT molecular complexity index is 431. The quantitative estimate of drug-likeness (QED) is 0.764. The van der Waals surface area contributed by atoms with E-state index in [1.54, 1.807) is 0 Å². The first-order valence-corrected chi connectivity index (χ1v) is 5.10. The van der Waals surface area contributed by atoms with Crippen molar-refractivity contribution in [2.24, 2.45) is 0 Å². The number of benzene rings is 1. The first-order valence-electron chi connectivity index (χ1n) is 5.10. The summed E-state index contributed by atoms with van der Waals surface area (Å²) in [6, 6.07) is 5.88. The molecule has 2 aromatic rings. The normalized spacial score (nSPS) is 10.9. The number of aromatic amines is 1. The van der Waals surface area contributed by atoms with E-state index in [0.29, 0.717) is 5.75 Å². The molecule has 0 unspecified atom stereocenters. The fraction of sp³-hybridized carbons (Fsp3) is 0.333. The molecule has 0 atom stereocenters. The van der Waals surface area contributed by atoms with Crippen LogP contribution in [0.3, 0.4) is 0 Å². The van der Waals surface area contributed by atoms with Crippen molar-refractivity contribution >= 4 is 10.9 Å². The molecule has 74 valence electrons. The van der Waals surface area contributed by atoms with E-state index in [1.807, 2.05) is 18.3 Å². The summed E-state index contributed by atoms with van der Waals surface area (Å²) in [6.07, 6.45) is 5.25. The van der Waals surface area contributed by atoms with Gasteiger partial charge in [0.15, 0.2) is 0 Å². The van der Waals surface area contributed by atoms with Gasteiger partial charge in [0.2, 0.25) is 0 Å². The van der Waals surface area contributed by atoms with Crippen molar-refractivity contribution in [2.75, 3.05) is 0 Å². The number of aromatic hydroxyl groups is 1. The zero-order valence-corrected chi connectivity index (χ0v) is 8.38. The fourth-order valence-electron chi connectivity index (χ4n) is 1.73. The summed E-state index contributed by atoms with van der Waals surface area (Å²) in [4.78, 5) is 3.12. The molecule has 0 amide bonds. The van der Waals surface area contributed by atoms with Crippen molar-refractivity contribution in [1.29, 1.82) is 0 Å². The van der Waals surface area contributed by atoms with Gasteiger partial charge >= 0.3 is 0 Å². The minimum absolute atomic E-state index is 0.384. The van der Waals surface area contributed by atoms with Crippen LogP contribution in [0, 0.1) is 0 Å². The van der Waals surface area contributed by atoms with Crippen molar-refractivity contribution in [3.8, 4) is 5.75 Å². The predicted octanol–water partition coefficient (Wildman–Crippen LogP) is 3.22. The molecule has 0 aliphatic heterocycles. The summed E-state index contributed by atoms with van der Waals surface area (Å²) in [5, 5.41) is 10.6. The fourth-order valence-corrected chi connectivity index (χ4v) is 1.73. The van der Waals surface area contributed by atoms with E-state index in [2.05, 4.69) is 18.0 Å². The van der Waals surface area contributed by atoms with Crippen LogP contribution in [-0.4, -0.2) is 10.1 Å². The topological polar surface area (TPSA) is 36.0 Å². The standard InChI is InChI=1S/C12H15NO/c1-2-3-4-9-7-11-10(5-6-13-11)12(14)8-9/h5-8,13-14H,2-4H2,1H3. The lowest BCUT2D eigenvalue weighted by Crippen LogP contribution is -1.84. The number of H-pyrrole nitrogens is 1. The molecule has 2 N–H and O–H groups in total. The maximum atomic E-state index is 9.72. The molecule has 0 spiro atoms. The van der Waals surface area contributed by atoms with Gasteiger partial charge in [0, 0.05) is 17.1 Å². The first kappa shape index (κ1) is 9.13. The van der Waals surface area contributed by atoms with Crippen LogP contribution in [0.5, 0.6) is 5.75 Å². The number of hydrogen-bond donors (Lipinski definition) is 2. The van der Waals surface area contributed by atoms with Crippen LogP contribution < -0.4 is 0 Å². The van der Waals surface area contributed by atoms with Gasteiger partial charge in [-0.1, -0.05) is 13.3 Å². The maximum Gasteiger partial charge on any atom is 0.125 e. The number of fused-ring (bicyclic) bond motifs is 1. The Morgan fingerprint density at radius 1 is 1.36 bits per heavy atom. The third-order valence-electron chi connectivity index (χ3n) is 2.53. The summed E-state index contributed by atoms with van der Waals surface area (Å²) < 4.78 is 0. The monoisotopic (exact) mass is 189 g/mol. The Morgan fingerprint density at radius 3 is 3.00 bits per heavy atom. The van der Waals surface area contributed by atoms with E-state index >= 15 is 0 Å². The molecule has 0 aliphatic carbocycles. The Balaban J connectivity index is 2.38. The van der Waals surface area contributed by atoms with E-state index in [0.717, 1.165) is 17.3 Å². The second kappa shape index (κ2) is 3.74. The van der Waals surface area contributed by atoms with Crippen LogP contribution in [0.1, 0.15) is 25.3 Å². The van der Waals surface area contributed by atoms with Crippen molar-refractivity contribution in [2.45, 2.75) is 26.2 Å². The molecule has 1 aromatic carbocycles. The smallest absolute Gasteiger partial charge is 0.125 e. The van der Waals surface area contributed by atoms with Crippen LogP contribution >= 0.6 is 0 Å². The van der Waals surface area contributed by atoms with Crippen LogP contribution in [0.25, 0.3) is 10.9 Å². The third kappa shape index (κ3) is 1.60. The molecule has 1 heterocycles. The number of aryl methyl sites for hydroxylation is 1. The van der Waals surface area contributed by atoms with Gasteiger partial charge in [-0.3, -0.25) is 0 Å². The minimum atomic E-state index is 0.384. The zero-order chi connectivity index (χ0) is 9.97. The third-order valence-corrected chi connectivity index (χ3v) is 2.53. The SMILES string of the molecule is CCCCc1cc(O)c2cc[nH]c2c1. The van der Waals surface area contributed by atoms with E-state index in [4.69, 9.17) is 0 Å². The second-order valence-corrected chi connectivity index (χ2v) is 3.66. The highest BCUT2D eigenvalue weighted by Crippen LogP contribution is 2.26. The van der Waals surface area contributed by atoms with E-state index < -0.39 is 0 Å². The highest BCUT2D eigenvalue weighted by molar-refractivity contribution is 5.86. The molecule has 14 heavy (non-hydrogen) atoms. The Hall–Kier alpha value is -1.44. The Morgan fingerprint density at radius 2 is 2.21 bits per heavy atom. The number of phenols is 1. The van der Waals surface area contributed by atoms with E-state index in [9.17, 15) is 5.11 Å². The van der Waals surface area contributed by atoms with Gasteiger partial charge in [0.05, 0.1) is 0 Å².